The summed E-state index contributed by atoms with van der Waals surface area (Å²) in [7, 11) is 0. The summed E-state index contributed by atoms with van der Waals surface area (Å²) in [5.74, 6) is 0.898. The second-order valence-electron chi connectivity index (χ2n) is 3.31. The van der Waals surface area contributed by atoms with Gasteiger partial charge in [-0.25, -0.2) is 4.98 Å². The van der Waals surface area contributed by atoms with Gasteiger partial charge in [0.05, 0.1) is 12.7 Å². The minimum atomic E-state index is 0.787. The fourth-order valence-electron chi connectivity index (χ4n) is 1.28. The summed E-state index contributed by atoms with van der Waals surface area (Å²) in [4.78, 5) is 4.20. The van der Waals surface area contributed by atoms with Gasteiger partial charge in [-0.1, -0.05) is 5.21 Å². The Morgan fingerprint density at radius 1 is 1.40 bits per heavy atom. The molecule has 15 heavy (non-hydrogen) atoms. The van der Waals surface area contributed by atoms with Crippen LogP contribution in [0, 0.1) is 6.92 Å². The van der Waals surface area contributed by atoms with Crippen LogP contribution in [0.3, 0.4) is 0 Å². The van der Waals surface area contributed by atoms with Crippen molar-refractivity contribution in [2.75, 3.05) is 11.9 Å². The molecule has 0 aliphatic heterocycles. The second-order valence-corrected chi connectivity index (χ2v) is 3.31. The Morgan fingerprint density at radius 3 is 3.07 bits per heavy atom. The Kier molecular flexibility index (Phi) is 2.92. The molecule has 0 aliphatic carbocycles. The first-order valence-electron chi connectivity index (χ1n) is 4.85. The van der Waals surface area contributed by atoms with Crippen LogP contribution < -0.4 is 5.32 Å². The number of hydrogen-bond donors (Lipinski definition) is 1. The molecule has 5 nitrogen and oxygen atoms in total. The third kappa shape index (κ3) is 2.77. The van der Waals surface area contributed by atoms with Gasteiger partial charge in [-0.15, -0.1) is 5.10 Å². The summed E-state index contributed by atoms with van der Waals surface area (Å²) in [6.45, 7) is 3.62. The van der Waals surface area contributed by atoms with Gasteiger partial charge in [0, 0.05) is 18.9 Å². The lowest BCUT2D eigenvalue weighted by Crippen LogP contribution is -2.11. The van der Waals surface area contributed by atoms with E-state index in [0.29, 0.717) is 0 Å². The van der Waals surface area contributed by atoms with Gasteiger partial charge in [-0.05, 0) is 24.6 Å². The molecule has 0 bridgehead atoms. The molecule has 5 heteroatoms. The fraction of sp³-hybridized carbons (Fsp3) is 0.300. The molecular weight excluding hydrogens is 190 g/mol. The first kappa shape index (κ1) is 9.64. The summed E-state index contributed by atoms with van der Waals surface area (Å²) in [5, 5.41) is 10.8. The minimum Gasteiger partial charge on any atom is -0.368 e. The van der Waals surface area contributed by atoms with Gasteiger partial charge in [-0.3, -0.25) is 4.68 Å². The first-order valence-corrected chi connectivity index (χ1v) is 4.85. The Labute approximate surface area is 88.1 Å². The van der Waals surface area contributed by atoms with Crippen molar-refractivity contribution in [2.24, 2.45) is 0 Å². The molecule has 2 heterocycles. The molecule has 0 unspecified atom stereocenters. The van der Waals surface area contributed by atoms with Gasteiger partial charge in [0.15, 0.2) is 0 Å². The number of rotatable bonds is 4. The topological polar surface area (TPSA) is 55.6 Å². The molecule has 78 valence electrons. The zero-order chi connectivity index (χ0) is 10.5. The van der Waals surface area contributed by atoms with E-state index in [4.69, 9.17) is 0 Å². The maximum atomic E-state index is 4.20. The Morgan fingerprint density at radius 2 is 2.33 bits per heavy atom. The van der Waals surface area contributed by atoms with E-state index in [0.717, 1.165) is 18.9 Å². The highest BCUT2D eigenvalue weighted by Crippen LogP contribution is 2.04. The van der Waals surface area contributed by atoms with Gasteiger partial charge in [0.2, 0.25) is 0 Å². The fourth-order valence-corrected chi connectivity index (χ4v) is 1.28. The second kappa shape index (κ2) is 4.54. The quantitative estimate of drug-likeness (QED) is 0.808. The molecule has 2 aromatic heterocycles. The van der Waals surface area contributed by atoms with Gasteiger partial charge in [-0.2, -0.15) is 0 Å². The van der Waals surface area contributed by atoms with E-state index >= 15 is 0 Å². The van der Waals surface area contributed by atoms with Crippen LogP contribution in [0.5, 0.6) is 0 Å². The van der Waals surface area contributed by atoms with Crippen molar-refractivity contribution in [2.45, 2.75) is 13.5 Å². The summed E-state index contributed by atoms with van der Waals surface area (Å²) >= 11 is 0. The molecule has 0 amide bonds. The Bertz CT molecular complexity index is 410. The number of hydrogen-bond acceptors (Lipinski definition) is 4. The van der Waals surface area contributed by atoms with E-state index < -0.39 is 0 Å². The molecule has 2 rings (SSSR count). The van der Waals surface area contributed by atoms with E-state index in [1.807, 2.05) is 25.3 Å². The highest BCUT2D eigenvalue weighted by Gasteiger charge is 1.94. The van der Waals surface area contributed by atoms with Crippen LogP contribution in [0.25, 0.3) is 0 Å². The number of anilines is 1. The molecule has 1 N–H and O–H groups in total. The largest absolute Gasteiger partial charge is 0.368 e. The predicted octanol–water partition coefficient (Wildman–Crippen LogP) is 1.09. The molecule has 2 aromatic rings. The van der Waals surface area contributed by atoms with E-state index in [-0.39, 0.29) is 0 Å². The van der Waals surface area contributed by atoms with Gasteiger partial charge in [0.1, 0.15) is 5.82 Å². The normalized spacial score (nSPS) is 10.2. The smallest absolute Gasteiger partial charge is 0.126 e. The molecule has 0 saturated heterocycles. The Hall–Kier alpha value is -1.91. The van der Waals surface area contributed by atoms with Crippen molar-refractivity contribution in [3.8, 4) is 0 Å². The lowest BCUT2D eigenvalue weighted by atomic mass is 10.3. The van der Waals surface area contributed by atoms with Gasteiger partial charge in [0.25, 0.3) is 0 Å². The number of nitrogens with one attached hydrogen (secondary N) is 1. The molecule has 0 aliphatic rings. The number of aryl methyl sites for hydroxylation is 1. The summed E-state index contributed by atoms with van der Waals surface area (Å²) in [6, 6.07) is 3.99. The third-order valence-corrected chi connectivity index (χ3v) is 2.03. The maximum absolute atomic E-state index is 4.20. The number of pyridine rings is 1. The summed E-state index contributed by atoms with van der Waals surface area (Å²) in [6.07, 6.45) is 5.31. The standard InChI is InChI=1S/C10H13N5/c1-9-2-3-11-10(8-9)12-4-6-15-7-5-13-14-15/h2-3,5,7-8H,4,6H2,1H3,(H,11,12). The molecule has 0 aromatic carbocycles. The van der Waals surface area contributed by atoms with Crippen molar-refractivity contribution in [3.05, 3.63) is 36.3 Å². The SMILES string of the molecule is Cc1ccnc(NCCn2ccnn2)c1. The highest BCUT2D eigenvalue weighted by atomic mass is 15.4. The van der Waals surface area contributed by atoms with Crippen LogP contribution in [0.4, 0.5) is 5.82 Å². The van der Waals surface area contributed by atoms with Crippen LogP contribution >= 0.6 is 0 Å². The Balaban J connectivity index is 1.83. The van der Waals surface area contributed by atoms with Crippen LogP contribution in [0.2, 0.25) is 0 Å². The zero-order valence-electron chi connectivity index (χ0n) is 8.59. The average molecular weight is 203 g/mol. The number of aromatic nitrogens is 4. The van der Waals surface area contributed by atoms with Crippen LogP contribution in [-0.4, -0.2) is 26.5 Å². The third-order valence-electron chi connectivity index (χ3n) is 2.03. The van der Waals surface area contributed by atoms with Crippen LogP contribution in [-0.2, 0) is 6.54 Å². The zero-order valence-corrected chi connectivity index (χ0v) is 8.59. The molecule has 0 fully saturated rings. The van der Waals surface area contributed by atoms with E-state index in [9.17, 15) is 0 Å². The molecule has 0 atom stereocenters. The van der Waals surface area contributed by atoms with Crippen LogP contribution in [0.1, 0.15) is 5.56 Å². The lowest BCUT2D eigenvalue weighted by molar-refractivity contribution is 0.608. The minimum absolute atomic E-state index is 0.787. The van der Waals surface area contributed by atoms with Crippen LogP contribution in [0.15, 0.2) is 30.7 Å². The van der Waals surface area contributed by atoms with Crippen molar-refractivity contribution >= 4 is 5.82 Å². The highest BCUT2D eigenvalue weighted by molar-refractivity contribution is 5.36. The van der Waals surface area contributed by atoms with Crippen molar-refractivity contribution in [3.63, 3.8) is 0 Å². The van der Waals surface area contributed by atoms with E-state index in [2.05, 4.69) is 20.6 Å². The molecule has 0 spiro atoms. The van der Waals surface area contributed by atoms with Crippen molar-refractivity contribution < 1.29 is 0 Å². The number of nitrogens with zero attached hydrogens (tertiary/aromatic N) is 4. The van der Waals surface area contributed by atoms with E-state index in [1.165, 1.54) is 5.56 Å². The van der Waals surface area contributed by atoms with Gasteiger partial charge < -0.3 is 5.32 Å². The predicted molar refractivity (Wildman–Crippen MR) is 57.5 cm³/mol. The van der Waals surface area contributed by atoms with Gasteiger partial charge >= 0.3 is 0 Å². The maximum Gasteiger partial charge on any atom is 0.126 e. The summed E-state index contributed by atoms with van der Waals surface area (Å²) < 4.78 is 1.78. The average Bonchev–Trinajstić information content (AvgIpc) is 2.71. The van der Waals surface area contributed by atoms with Crippen molar-refractivity contribution in [1.29, 1.82) is 0 Å². The first-order chi connectivity index (χ1) is 7.34. The molecule has 0 saturated carbocycles. The lowest BCUT2D eigenvalue weighted by Gasteiger charge is -2.05. The van der Waals surface area contributed by atoms with E-state index in [1.54, 1.807) is 17.1 Å². The molecule has 0 radical (unpaired) electrons. The monoisotopic (exact) mass is 203 g/mol. The summed E-state index contributed by atoms with van der Waals surface area (Å²) in [5.41, 5.74) is 1.20. The van der Waals surface area contributed by atoms with Crippen molar-refractivity contribution in [1.82, 2.24) is 20.0 Å². The molecular formula is C10H13N5.